The van der Waals surface area contributed by atoms with Gasteiger partial charge in [0.15, 0.2) is 0 Å². The molecule has 100 valence electrons. The monoisotopic (exact) mass is 278 g/mol. The molecule has 1 N–H and O–H groups in total. The Kier molecular flexibility index (Phi) is 4.16. The maximum absolute atomic E-state index is 12.0. The number of nitrogens with zero attached hydrogens (tertiary/aromatic N) is 3. The molecule has 1 aromatic carbocycles. The molecule has 0 aliphatic rings. The highest BCUT2D eigenvalue weighted by atomic mass is 35.5. The molecule has 2 rings (SSSR count). The van der Waals surface area contributed by atoms with E-state index in [4.69, 9.17) is 11.6 Å². The van der Waals surface area contributed by atoms with Crippen molar-refractivity contribution in [2.75, 3.05) is 11.9 Å². The fourth-order valence-corrected chi connectivity index (χ4v) is 2.13. The SMILES string of the molecule is CCNc1ncn(-c2c(Cl)cccc2CC)c(=O)n1. The molecule has 0 radical (unpaired) electrons. The summed E-state index contributed by atoms with van der Waals surface area (Å²) in [7, 11) is 0. The molecule has 0 bridgehead atoms. The van der Waals surface area contributed by atoms with Crippen molar-refractivity contribution < 1.29 is 0 Å². The third kappa shape index (κ3) is 2.76. The van der Waals surface area contributed by atoms with Crippen LogP contribution in [0.1, 0.15) is 19.4 Å². The third-order valence-corrected chi connectivity index (χ3v) is 3.04. The molecule has 0 unspecified atom stereocenters. The Balaban J connectivity index is 2.57. The zero-order valence-corrected chi connectivity index (χ0v) is 11.6. The van der Waals surface area contributed by atoms with Gasteiger partial charge in [-0.2, -0.15) is 4.98 Å². The summed E-state index contributed by atoms with van der Waals surface area (Å²) in [6.45, 7) is 4.59. The number of aryl methyl sites for hydroxylation is 1. The molecule has 6 heteroatoms. The van der Waals surface area contributed by atoms with E-state index in [9.17, 15) is 4.79 Å². The van der Waals surface area contributed by atoms with Crippen molar-refractivity contribution in [2.45, 2.75) is 20.3 Å². The van der Waals surface area contributed by atoms with Crippen LogP contribution < -0.4 is 11.0 Å². The molecule has 0 saturated carbocycles. The van der Waals surface area contributed by atoms with Gasteiger partial charge in [0.05, 0.1) is 10.7 Å². The van der Waals surface area contributed by atoms with E-state index < -0.39 is 5.69 Å². The largest absolute Gasteiger partial charge is 0.356 e. The van der Waals surface area contributed by atoms with Crippen LogP contribution in [0.4, 0.5) is 5.95 Å². The average molecular weight is 279 g/mol. The topological polar surface area (TPSA) is 59.8 Å². The van der Waals surface area contributed by atoms with Gasteiger partial charge in [-0.1, -0.05) is 30.7 Å². The van der Waals surface area contributed by atoms with Gasteiger partial charge in [-0.05, 0) is 25.0 Å². The van der Waals surface area contributed by atoms with E-state index in [0.717, 1.165) is 12.0 Å². The second-order valence-electron chi connectivity index (χ2n) is 3.96. The third-order valence-electron chi connectivity index (χ3n) is 2.73. The molecule has 0 aliphatic carbocycles. The molecule has 1 heterocycles. The number of hydrogen-bond donors (Lipinski definition) is 1. The Labute approximate surface area is 116 Å². The van der Waals surface area contributed by atoms with Gasteiger partial charge < -0.3 is 5.32 Å². The fraction of sp³-hybridized carbons (Fsp3) is 0.308. The lowest BCUT2D eigenvalue weighted by Crippen LogP contribution is -2.24. The number of anilines is 1. The highest BCUT2D eigenvalue weighted by Crippen LogP contribution is 2.23. The average Bonchev–Trinajstić information content (AvgIpc) is 2.40. The van der Waals surface area contributed by atoms with Gasteiger partial charge in [-0.15, -0.1) is 0 Å². The van der Waals surface area contributed by atoms with Crippen molar-refractivity contribution in [1.29, 1.82) is 0 Å². The maximum Gasteiger partial charge on any atom is 0.356 e. The summed E-state index contributed by atoms with van der Waals surface area (Å²) in [4.78, 5) is 20.0. The Hall–Kier alpha value is -1.88. The first-order valence-electron chi connectivity index (χ1n) is 6.14. The first kappa shape index (κ1) is 13.5. The standard InChI is InChI=1S/C13H15ClN4O/c1-3-9-6-5-7-10(14)11(9)18-8-16-12(15-4-2)17-13(18)19/h5-8H,3-4H2,1-2H3,(H,15,17,19). The predicted molar refractivity (Wildman–Crippen MR) is 76.2 cm³/mol. The van der Waals surface area contributed by atoms with Gasteiger partial charge in [0.2, 0.25) is 5.95 Å². The summed E-state index contributed by atoms with van der Waals surface area (Å²) >= 11 is 6.18. The number of aromatic nitrogens is 3. The van der Waals surface area contributed by atoms with E-state index in [-0.39, 0.29) is 0 Å². The molecule has 0 fully saturated rings. The van der Waals surface area contributed by atoms with Gasteiger partial charge >= 0.3 is 5.69 Å². The van der Waals surface area contributed by atoms with Gasteiger partial charge in [-0.25, -0.2) is 14.3 Å². The second kappa shape index (κ2) is 5.84. The highest BCUT2D eigenvalue weighted by molar-refractivity contribution is 6.32. The second-order valence-corrected chi connectivity index (χ2v) is 4.37. The Morgan fingerprint density at radius 2 is 2.16 bits per heavy atom. The Morgan fingerprint density at radius 3 is 2.79 bits per heavy atom. The molecule has 1 aromatic heterocycles. The van der Waals surface area contributed by atoms with Crippen molar-refractivity contribution in [1.82, 2.24) is 14.5 Å². The van der Waals surface area contributed by atoms with E-state index in [2.05, 4.69) is 15.3 Å². The van der Waals surface area contributed by atoms with Gasteiger partial charge in [0.1, 0.15) is 6.33 Å². The fourth-order valence-electron chi connectivity index (χ4n) is 1.85. The smallest absolute Gasteiger partial charge is 0.354 e. The lowest BCUT2D eigenvalue weighted by molar-refractivity contribution is 0.846. The van der Waals surface area contributed by atoms with Crippen LogP contribution in [-0.2, 0) is 6.42 Å². The van der Waals surface area contributed by atoms with Crippen LogP contribution in [0.5, 0.6) is 0 Å². The van der Waals surface area contributed by atoms with Crippen molar-refractivity contribution >= 4 is 17.5 Å². The zero-order chi connectivity index (χ0) is 13.8. The van der Waals surface area contributed by atoms with Crippen LogP contribution in [0.2, 0.25) is 5.02 Å². The first-order chi connectivity index (χ1) is 9.17. The molecule has 0 saturated heterocycles. The highest BCUT2D eigenvalue weighted by Gasteiger charge is 2.11. The van der Waals surface area contributed by atoms with E-state index in [1.807, 2.05) is 26.0 Å². The van der Waals surface area contributed by atoms with Gasteiger partial charge in [-0.3, -0.25) is 0 Å². The summed E-state index contributed by atoms with van der Waals surface area (Å²) in [5, 5.41) is 3.42. The minimum Gasteiger partial charge on any atom is -0.354 e. The van der Waals surface area contributed by atoms with E-state index in [0.29, 0.717) is 23.2 Å². The van der Waals surface area contributed by atoms with Crippen LogP contribution in [-0.4, -0.2) is 21.1 Å². The van der Waals surface area contributed by atoms with Crippen molar-refractivity contribution in [2.24, 2.45) is 0 Å². The number of nitrogens with one attached hydrogen (secondary N) is 1. The van der Waals surface area contributed by atoms with E-state index >= 15 is 0 Å². The maximum atomic E-state index is 12.0. The molecule has 0 aliphatic heterocycles. The number of hydrogen-bond acceptors (Lipinski definition) is 4. The normalized spacial score (nSPS) is 10.5. The summed E-state index contributed by atoms with van der Waals surface area (Å²) in [5.74, 6) is 0.328. The molecule has 0 amide bonds. The summed E-state index contributed by atoms with van der Waals surface area (Å²) in [5.41, 5.74) is 1.24. The molecule has 19 heavy (non-hydrogen) atoms. The molecule has 0 spiro atoms. The molecule has 2 aromatic rings. The first-order valence-corrected chi connectivity index (χ1v) is 6.52. The van der Waals surface area contributed by atoms with E-state index in [1.165, 1.54) is 10.9 Å². The summed E-state index contributed by atoms with van der Waals surface area (Å²) in [6.07, 6.45) is 2.23. The number of rotatable bonds is 4. The van der Waals surface area contributed by atoms with Crippen molar-refractivity contribution in [3.63, 3.8) is 0 Å². The summed E-state index contributed by atoms with van der Waals surface area (Å²) in [6, 6.07) is 5.55. The zero-order valence-electron chi connectivity index (χ0n) is 10.9. The lowest BCUT2D eigenvalue weighted by atomic mass is 10.1. The minimum absolute atomic E-state index is 0.328. The molecular formula is C13H15ClN4O. The van der Waals surface area contributed by atoms with Crippen LogP contribution in [0, 0.1) is 0 Å². The number of benzene rings is 1. The molecule has 5 nitrogen and oxygen atoms in total. The minimum atomic E-state index is -0.395. The van der Waals surface area contributed by atoms with Crippen molar-refractivity contribution in [3.8, 4) is 5.69 Å². The summed E-state index contributed by atoms with van der Waals surface area (Å²) < 4.78 is 1.38. The predicted octanol–water partition coefficient (Wildman–Crippen LogP) is 2.28. The number of para-hydroxylation sites is 1. The van der Waals surface area contributed by atoms with Gasteiger partial charge in [0, 0.05) is 6.54 Å². The van der Waals surface area contributed by atoms with Crippen LogP contribution in [0.25, 0.3) is 5.69 Å². The Bertz CT molecular complexity index is 639. The van der Waals surface area contributed by atoms with E-state index in [1.54, 1.807) is 6.07 Å². The van der Waals surface area contributed by atoms with Crippen LogP contribution in [0.3, 0.4) is 0 Å². The Morgan fingerprint density at radius 1 is 1.37 bits per heavy atom. The van der Waals surface area contributed by atoms with Crippen LogP contribution >= 0.6 is 11.6 Å². The van der Waals surface area contributed by atoms with Crippen LogP contribution in [0.15, 0.2) is 29.3 Å². The molecular weight excluding hydrogens is 264 g/mol. The lowest BCUT2D eigenvalue weighted by Gasteiger charge is -2.12. The molecule has 0 atom stereocenters. The number of halogens is 1. The van der Waals surface area contributed by atoms with Gasteiger partial charge in [0.25, 0.3) is 0 Å². The van der Waals surface area contributed by atoms with Crippen molar-refractivity contribution in [3.05, 3.63) is 45.6 Å². The quantitative estimate of drug-likeness (QED) is 0.932.